The van der Waals surface area contributed by atoms with Crippen LogP contribution < -0.4 is 5.01 Å². The Morgan fingerprint density at radius 1 is 1.25 bits per heavy atom. The van der Waals surface area contributed by atoms with E-state index in [1.807, 2.05) is 6.07 Å². The summed E-state index contributed by atoms with van der Waals surface area (Å²) >= 11 is 6.02. The van der Waals surface area contributed by atoms with Gasteiger partial charge in [0.2, 0.25) is 0 Å². The number of likely N-dealkylation sites (N-methyl/N-ethyl adjacent to an activating group) is 1. The standard InChI is InChI=1S/C14H18ClFN4/c1-10-7-13-12(8-11(10)16)17-14(9-15)20(13)19-5-3-18(2)4-6-19/h7-8H,3-6,9H2,1-2H3. The van der Waals surface area contributed by atoms with E-state index in [1.165, 1.54) is 6.07 Å². The zero-order valence-corrected chi connectivity index (χ0v) is 12.5. The van der Waals surface area contributed by atoms with Crippen LogP contribution in [0.15, 0.2) is 12.1 Å². The van der Waals surface area contributed by atoms with Crippen molar-refractivity contribution < 1.29 is 4.39 Å². The first-order chi connectivity index (χ1) is 9.60. The van der Waals surface area contributed by atoms with E-state index in [1.54, 1.807) is 6.92 Å². The average molecular weight is 297 g/mol. The molecular formula is C14H18ClFN4. The van der Waals surface area contributed by atoms with Crippen molar-refractivity contribution in [1.82, 2.24) is 14.6 Å². The first-order valence-electron chi connectivity index (χ1n) is 6.77. The number of piperazine rings is 1. The number of aromatic nitrogens is 2. The van der Waals surface area contributed by atoms with E-state index in [4.69, 9.17) is 11.6 Å². The van der Waals surface area contributed by atoms with Crippen molar-refractivity contribution >= 4 is 22.6 Å². The molecule has 1 aliphatic heterocycles. The van der Waals surface area contributed by atoms with Gasteiger partial charge in [0.1, 0.15) is 11.6 Å². The lowest BCUT2D eigenvalue weighted by molar-refractivity contribution is 0.288. The van der Waals surface area contributed by atoms with Gasteiger partial charge in [0.15, 0.2) is 0 Å². The van der Waals surface area contributed by atoms with E-state index in [-0.39, 0.29) is 5.82 Å². The van der Waals surface area contributed by atoms with E-state index in [0.29, 0.717) is 17.0 Å². The first kappa shape index (κ1) is 13.6. The minimum Gasteiger partial charge on any atom is -0.308 e. The smallest absolute Gasteiger partial charge is 0.143 e. The molecule has 2 aromatic rings. The fraction of sp³-hybridized carbons (Fsp3) is 0.500. The van der Waals surface area contributed by atoms with Crippen molar-refractivity contribution in [1.29, 1.82) is 0 Å². The van der Waals surface area contributed by atoms with Crippen LogP contribution in [0.1, 0.15) is 11.4 Å². The summed E-state index contributed by atoms with van der Waals surface area (Å²) in [6.45, 7) is 5.62. The van der Waals surface area contributed by atoms with Crippen molar-refractivity contribution in [3.8, 4) is 0 Å². The average Bonchev–Trinajstić information content (AvgIpc) is 2.78. The number of aryl methyl sites for hydroxylation is 1. The number of nitrogens with zero attached hydrogens (tertiary/aromatic N) is 4. The number of rotatable bonds is 2. The predicted octanol–water partition coefficient (Wildman–Crippen LogP) is 2.11. The Bertz CT molecular complexity index is 632. The Balaban J connectivity index is 2.10. The van der Waals surface area contributed by atoms with Gasteiger partial charge in [-0.15, -0.1) is 11.6 Å². The van der Waals surface area contributed by atoms with Gasteiger partial charge in [-0.1, -0.05) is 0 Å². The van der Waals surface area contributed by atoms with Crippen LogP contribution in [0.25, 0.3) is 11.0 Å². The third kappa shape index (κ3) is 2.25. The van der Waals surface area contributed by atoms with Crippen LogP contribution in [0.4, 0.5) is 4.39 Å². The van der Waals surface area contributed by atoms with Gasteiger partial charge in [0.25, 0.3) is 0 Å². The number of imidazole rings is 1. The molecule has 4 nitrogen and oxygen atoms in total. The molecule has 1 fully saturated rings. The van der Waals surface area contributed by atoms with E-state index in [0.717, 1.165) is 37.5 Å². The highest BCUT2D eigenvalue weighted by atomic mass is 35.5. The molecule has 108 valence electrons. The van der Waals surface area contributed by atoms with E-state index in [2.05, 4.69) is 26.6 Å². The van der Waals surface area contributed by atoms with Crippen LogP contribution in [0.5, 0.6) is 0 Å². The van der Waals surface area contributed by atoms with Crippen LogP contribution in [0, 0.1) is 12.7 Å². The maximum Gasteiger partial charge on any atom is 0.143 e. The second-order valence-corrected chi connectivity index (χ2v) is 5.59. The molecule has 0 atom stereocenters. The summed E-state index contributed by atoms with van der Waals surface area (Å²) in [4.78, 5) is 6.76. The van der Waals surface area contributed by atoms with Crippen molar-refractivity contribution in [2.24, 2.45) is 0 Å². The lowest BCUT2D eigenvalue weighted by Gasteiger charge is -2.35. The third-order valence-electron chi connectivity index (χ3n) is 3.86. The van der Waals surface area contributed by atoms with Gasteiger partial charge in [-0.3, -0.25) is 0 Å². The number of alkyl halides is 1. The molecule has 0 saturated carbocycles. The zero-order valence-electron chi connectivity index (χ0n) is 11.7. The second kappa shape index (κ2) is 5.22. The summed E-state index contributed by atoms with van der Waals surface area (Å²) in [5.41, 5.74) is 2.24. The van der Waals surface area contributed by atoms with Crippen molar-refractivity contribution in [2.75, 3.05) is 38.2 Å². The summed E-state index contributed by atoms with van der Waals surface area (Å²) in [6, 6.07) is 3.35. The number of halogens is 2. The Morgan fingerprint density at radius 2 is 1.95 bits per heavy atom. The highest BCUT2D eigenvalue weighted by Crippen LogP contribution is 2.22. The number of hydrogen-bond acceptors (Lipinski definition) is 3. The molecule has 1 saturated heterocycles. The zero-order chi connectivity index (χ0) is 14.3. The fourth-order valence-electron chi connectivity index (χ4n) is 2.64. The molecule has 1 aromatic heterocycles. The SMILES string of the molecule is Cc1cc2c(cc1F)nc(CCl)n2N1CCN(C)CC1. The molecular weight excluding hydrogens is 279 g/mol. The minimum absolute atomic E-state index is 0.221. The molecule has 0 amide bonds. The topological polar surface area (TPSA) is 24.3 Å². The van der Waals surface area contributed by atoms with Crippen LogP contribution in [-0.4, -0.2) is 47.8 Å². The van der Waals surface area contributed by atoms with Gasteiger partial charge >= 0.3 is 0 Å². The summed E-state index contributed by atoms with van der Waals surface area (Å²) in [5, 5.41) is 2.24. The molecule has 1 aromatic carbocycles. The van der Waals surface area contributed by atoms with Crippen LogP contribution in [0.2, 0.25) is 0 Å². The van der Waals surface area contributed by atoms with Gasteiger partial charge in [0.05, 0.1) is 16.9 Å². The maximum atomic E-state index is 13.7. The molecule has 6 heteroatoms. The summed E-state index contributed by atoms with van der Waals surface area (Å²) < 4.78 is 15.7. The van der Waals surface area contributed by atoms with Crippen LogP contribution >= 0.6 is 11.6 Å². The lowest BCUT2D eigenvalue weighted by Crippen LogP contribution is -2.50. The van der Waals surface area contributed by atoms with Gasteiger partial charge < -0.3 is 9.91 Å². The second-order valence-electron chi connectivity index (χ2n) is 5.32. The molecule has 0 aliphatic carbocycles. The summed E-state index contributed by atoms with van der Waals surface area (Å²) in [6.07, 6.45) is 0. The molecule has 0 N–H and O–H groups in total. The Kier molecular flexibility index (Phi) is 3.56. The molecule has 1 aliphatic rings. The van der Waals surface area contributed by atoms with Crippen molar-refractivity contribution in [3.63, 3.8) is 0 Å². The summed E-state index contributed by atoms with van der Waals surface area (Å²) in [5.74, 6) is 0.875. The highest BCUT2D eigenvalue weighted by Gasteiger charge is 2.20. The minimum atomic E-state index is -0.221. The van der Waals surface area contributed by atoms with Gasteiger partial charge in [0, 0.05) is 32.2 Å². The maximum absolute atomic E-state index is 13.7. The normalized spacial score (nSPS) is 17.1. The largest absolute Gasteiger partial charge is 0.308 e. The quantitative estimate of drug-likeness (QED) is 0.793. The summed E-state index contributed by atoms with van der Waals surface area (Å²) in [7, 11) is 2.12. The molecule has 0 unspecified atom stereocenters. The third-order valence-corrected chi connectivity index (χ3v) is 4.10. The molecule has 0 bridgehead atoms. The number of fused-ring (bicyclic) bond motifs is 1. The van der Waals surface area contributed by atoms with Crippen molar-refractivity contribution in [3.05, 3.63) is 29.3 Å². The lowest BCUT2D eigenvalue weighted by atomic mass is 10.2. The molecule has 2 heterocycles. The Hall–Kier alpha value is -1.33. The van der Waals surface area contributed by atoms with Crippen LogP contribution in [0.3, 0.4) is 0 Å². The molecule has 20 heavy (non-hydrogen) atoms. The monoisotopic (exact) mass is 296 g/mol. The number of hydrogen-bond donors (Lipinski definition) is 0. The van der Waals surface area contributed by atoms with E-state index < -0.39 is 0 Å². The van der Waals surface area contributed by atoms with Crippen LogP contribution in [-0.2, 0) is 5.88 Å². The predicted molar refractivity (Wildman–Crippen MR) is 79.4 cm³/mol. The molecule has 0 spiro atoms. The van der Waals surface area contributed by atoms with E-state index >= 15 is 0 Å². The van der Waals surface area contributed by atoms with E-state index in [9.17, 15) is 4.39 Å². The Morgan fingerprint density at radius 3 is 2.60 bits per heavy atom. The fourth-order valence-corrected chi connectivity index (χ4v) is 2.81. The van der Waals surface area contributed by atoms with Gasteiger partial charge in [-0.25, -0.2) is 14.1 Å². The molecule has 3 rings (SSSR count). The van der Waals surface area contributed by atoms with Crippen molar-refractivity contribution in [2.45, 2.75) is 12.8 Å². The first-order valence-corrected chi connectivity index (χ1v) is 7.31. The number of benzene rings is 1. The molecule has 0 radical (unpaired) electrons. The Labute approximate surface area is 122 Å². The van der Waals surface area contributed by atoms with Gasteiger partial charge in [-0.2, -0.15) is 0 Å². The van der Waals surface area contributed by atoms with Gasteiger partial charge in [-0.05, 0) is 25.6 Å². The highest BCUT2D eigenvalue weighted by molar-refractivity contribution is 6.16.